The van der Waals surface area contributed by atoms with E-state index in [2.05, 4.69) is 5.32 Å². The van der Waals surface area contributed by atoms with Crippen LogP contribution in [0.2, 0.25) is 0 Å². The Kier molecular flexibility index (Phi) is 8.07. The highest BCUT2D eigenvalue weighted by atomic mass is 16.5. The van der Waals surface area contributed by atoms with Crippen molar-refractivity contribution >= 4 is 17.5 Å². The fraction of sp³-hybridized carbons (Fsp3) is 0.286. The normalized spacial score (nSPS) is 17.2. The van der Waals surface area contributed by atoms with Crippen LogP contribution in [0.4, 0.5) is 5.69 Å². The van der Waals surface area contributed by atoms with E-state index in [1.807, 2.05) is 6.92 Å². The number of ether oxygens (including phenoxy) is 3. The highest BCUT2D eigenvalue weighted by molar-refractivity contribution is 5.95. The highest BCUT2D eigenvalue weighted by Gasteiger charge is 2.21. The minimum Gasteiger partial charge on any atom is -0.478 e. The van der Waals surface area contributed by atoms with Gasteiger partial charge in [-0.25, -0.2) is 0 Å². The number of rotatable bonds is 8. The molecule has 0 spiro atoms. The number of benzene rings is 3. The number of nitrogen functional groups attached to an aromatic ring is 1. The molecule has 0 atom stereocenters. The van der Waals surface area contributed by atoms with Gasteiger partial charge < -0.3 is 31.0 Å². The molecule has 3 aromatic carbocycles. The van der Waals surface area contributed by atoms with Gasteiger partial charge in [0.05, 0.1) is 6.61 Å². The topological polar surface area (TPSA) is 133 Å². The molecule has 6 N–H and O–H groups in total. The second-order valence-electron chi connectivity index (χ2n) is 8.84. The van der Waals surface area contributed by atoms with Crippen molar-refractivity contribution in [1.29, 1.82) is 5.41 Å². The molecule has 8 nitrogen and oxygen atoms in total. The molecule has 1 aliphatic carbocycles. The molecule has 0 heterocycles. The summed E-state index contributed by atoms with van der Waals surface area (Å²) in [6, 6.07) is 19.4. The van der Waals surface area contributed by atoms with Crippen molar-refractivity contribution < 1.29 is 19.0 Å². The van der Waals surface area contributed by atoms with E-state index in [1.54, 1.807) is 66.7 Å². The van der Waals surface area contributed by atoms with Crippen LogP contribution in [0.1, 0.15) is 48.5 Å². The van der Waals surface area contributed by atoms with E-state index in [9.17, 15) is 4.79 Å². The van der Waals surface area contributed by atoms with Gasteiger partial charge in [-0.15, -0.1) is 0 Å². The van der Waals surface area contributed by atoms with Crippen LogP contribution < -0.4 is 26.3 Å². The maximum Gasteiger partial charge on any atom is 0.251 e. The molecule has 1 fully saturated rings. The molecule has 4 rings (SSSR count). The lowest BCUT2D eigenvalue weighted by molar-refractivity contribution is 0.0925. The largest absolute Gasteiger partial charge is 0.478 e. The zero-order valence-electron chi connectivity index (χ0n) is 20.3. The Balaban J connectivity index is 1.55. The van der Waals surface area contributed by atoms with Gasteiger partial charge in [0, 0.05) is 35.0 Å². The van der Waals surface area contributed by atoms with Gasteiger partial charge in [0.1, 0.15) is 23.0 Å². The van der Waals surface area contributed by atoms with E-state index in [-0.39, 0.29) is 23.9 Å². The Morgan fingerprint density at radius 2 is 1.42 bits per heavy atom. The second kappa shape index (κ2) is 11.6. The third-order valence-electron chi connectivity index (χ3n) is 6.01. The Morgan fingerprint density at radius 3 is 1.97 bits per heavy atom. The van der Waals surface area contributed by atoms with Crippen LogP contribution in [0.25, 0.3) is 0 Å². The van der Waals surface area contributed by atoms with Crippen LogP contribution >= 0.6 is 0 Å². The number of nitrogens with two attached hydrogens (primary N) is 2. The fourth-order valence-corrected chi connectivity index (χ4v) is 4.06. The zero-order chi connectivity index (χ0) is 25.5. The van der Waals surface area contributed by atoms with Crippen LogP contribution in [-0.4, -0.2) is 30.5 Å². The van der Waals surface area contributed by atoms with E-state index in [0.29, 0.717) is 46.4 Å². The van der Waals surface area contributed by atoms with Crippen molar-refractivity contribution in [3.8, 4) is 23.0 Å². The van der Waals surface area contributed by atoms with Gasteiger partial charge in [-0.1, -0.05) is 0 Å². The fourth-order valence-electron chi connectivity index (χ4n) is 4.06. The molecule has 1 saturated carbocycles. The summed E-state index contributed by atoms with van der Waals surface area (Å²) in [4.78, 5) is 13.1. The SMILES string of the molecule is CCOC(=N)c1ccc(Oc2cc(Oc3ccc(N)cc3)cc(C(=O)NC3CCC(N)CC3)c2)cc1. The quantitative estimate of drug-likeness (QED) is 0.195. The first-order chi connectivity index (χ1) is 17.4. The lowest BCUT2D eigenvalue weighted by atomic mass is 9.91. The lowest BCUT2D eigenvalue weighted by Gasteiger charge is -2.26. The number of hydrogen-bond acceptors (Lipinski definition) is 7. The van der Waals surface area contributed by atoms with Crippen LogP contribution in [-0.2, 0) is 4.74 Å². The molecule has 8 heteroatoms. The van der Waals surface area contributed by atoms with Crippen LogP contribution in [0, 0.1) is 5.41 Å². The van der Waals surface area contributed by atoms with E-state index in [0.717, 1.165) is 25.7 Å². The van der Waals surface area contributed by atoms with Gasteiger partial charge in [-0.05, 0) is 93.3 Å². The minimum atomic E-state index is -0.191. The van der Waals surface area contributed by atoms with Crippen molar-refractivity contribution in [3.63, 3.8) is 0 Å². The van der Waals surface area contributed by atoms with E-state index in [1.165, 1.54) is 0 Å². The molecule has 1 amide bonds. The van der Waals surface area contributed by atoms with E-state index >= 15 is 0 Å². The second-order valence-corrected chi connectivity index (χ2v) is 8.84. The molecule has 36 heavy (non-hydrogen) atoms. The van der Waals surface area contributed by atoms with Crippen molar-refractivity contribution in [1.82, 2.24) is 5.32 Å². The number of carbonyl (C=O) groups is 1. The van der Waals surface area contributed by atoms with Crippen molar-refractivity contribution in [3.05, 3.63) is 77.9 Å². The number of nitrogens with one attached hydrogen (secondary N) is 2. The first-order valence-electron chi connectivity index (χ1n) is 12.1. The van der Waals surface area contributed by atoms with Crippen molar-refractivity contribution in [2.45, 2.75) is 44.7 Å². The van der Waals surface area contributed by atoms with Gasteiger partial charge in [-0.2, -0.15) is 0 Å². The average molecular weight is 489 g/mol. The molecule has 0 aromatic heterocycles. The molecule has 1 aliphatic rings. The smallest absolute Gasteiger partial charge is 0.251 e. The summed E-state index contributed by atoms with van der Waals surface area (Å²) < 4.78 is 17.3. The third-order valence-corrected chi connectivity index (χ3v) is 6.01. The van der Waals surface area contributed by atoms with Crippen LogP contribution in [0.3, 0.4) is 0 Å². The van der Waals surface area contributed by atoms with Gasteiger partial charge in [0.15, 0.2) is 0 Å². The van der Waals surface area contributed by atoms with Gasteiger partial charge >= 0.3 is 0 Å². The molecular weight excluding hydrogens is 456 g/mol. The van der Waals surface area contributed by atoms with Crippen LogP contribution in [0.15, 0.2) is 66.7 Å². The minimum absolute atomic E-state index is 0.0940. The summed E-state index contributed by atoms with van der Waals surface area (Å²) in [5, 5.41) is 11.0. The summed E-state index contributed by atoms with van der Waals surface area (Å²) >= 11 is 0. The number of amides is 1. The monoisotopic (exact) mass is 488 g/mol. The first-order valence-corrected chi connectivity index (χ1v) is 12.1. The van der Waals surface area contributed by atoms with Gasteiger partial charge in [0.2, 0.25) is 5.90 Å². The number of anilines is 1. The summed E-state index contributed by atoms with van der Waals surface area (Å²) in [5.74, 6) is 1.97. The Morgan fingerprint density at radius 1 is 0.861 bits per heavy atom. The predicted octanol–water partition coefficient (Wildman–Crippen LogP) is 5.21. The molecule has 3 aromatic rings. The number of carbonyl (C=O) groups excluding carboxylic acids is 1. The molecule has 0 radical (unpaired) electrons. The summed E-state index contributed by atoms with van der Waals surface area (Å²) in [6.45, 7) is 2.26. The zero-order valence-corrected chi connectivity index (χ0v) is 20.3. The van der Waals surface area contributed by atoms with E-state index < -0.39 is 0 Å². The molecule has 188 valence electrons. The Labute approximate surface area is 211 Å². The summed E-state index contributed by atoms with van der Waals surface area (Å²) in [5.41, 5.74) is 13.5. The lowest BCUT2D eigenvalue weighted by Crippen LogP contribution is -2.40. The molecule has 0 saturated heterocycles. The average Bonchev–Trinajstić information content (AvgIpc) is 2.87. The van der Waals surface area contributed by atoms with Crippen molar-refractivity contribution in [2.24, 2.45) is 5.73 Å². The molecule has 0 bridgehead atoms. The first kappa shape index (κ1) is 25.1. The molecular formula is C28H32N4O4. The number of hydrogen-bond donors (Lipinski definition) is 4. The van der Waals surface area contributed by atoms with E-state index in [4.69, 9.17) is 31.1 Å². The highest BCUT2D eigenvalue weighted by Crippen LogP contribution is 2.31. The van der Waals surface area contributed by atoms with Crippen molar-refractivity contribution in [2.75, 3.05) is 12.3 Å². The van der Waals surface area contributed by atoms with Gasteiger partial charge in [-0.3, -0.25) is 10.2 Å². The molecule has 0 unspecified atom stereocenters. The Bertz CT molecular complexity index is 1190. The maximum atomic E-state index is 13.1. The molecule has 0 aliphatic heterocycles. The summed E-state index contributed by atoms with van der Waals surface area (Å²) in [6.07, 6.45) is 3.52. The predicted molar refractivity (Wildman–Crippen MR) is 140 cm³/mol. The standard InChI is InChI=1S/C28H32N4O4/c1-2-34-27(31)18-3-11-23(12-4-18)35-25-15-19(28(33)32-22-9-5-20(29)6-10-22)16-26(17-25)36-24-13-7-21(30)8-14-24/h3-4,7-8,11-17,20,22,31H,2,5-6,9-10,29-30H2,1H3,(H,32,33). The maximum absolute atomic E-state index is 13.1. The third kappa shape index (κ3) is 6.76. The summed E-state index contributed by atoms with van der Waals surface area (Å²) in [7, 11) is 0. The Hall–Kier alpha value is -4.04. The van der Waals surface area contributed by atoms with Gasteiger partial charge in [0.25, 0.3) is 5.91 Å². The van der Waals surface area contributed by atoms with Crippen LogP contribution in [0.5, 0.6) is 23.0 Å².